The largest absolute Gasteiger partial charge is 0.464 e. The molecule has 0 spiro atoms. The van der Waals surface area contributed by atoms with Crippen molar-refractivity contribution in [1.29, 1.82) is 0 Å². The fraction of sp³-hybridized carbons (Fsp3) is 0.706. The van der Waals surface area contributed by atoms with Crippen LogP contribution in [0.2, 0.25) is 0 Å². The van der Waals surface area contributed by atoms with E-state index < -0.39 is 0 Å². The van der Waals surface area contributed by atoms with Gasteiger partial charge in [0, 0.05) is 0 Å². The molecule has 3 heteroatoms. The quantitative estimate of drug-likeness (QED) is 0.253. The lowest BCUT2D eigenvalue weighted by molar-refractivity contribution is -0.149. The number of esters is 1. The Balaban J connectivity index is 3.13. The minimum absolute atomic E-state index is 0.0527. The number of allylic oxidation sites excluding steroid dienone is 1. The minimum Gasteiger partial charge on any atom is -0.464 e. The van der Waals surface area contributed by atoms with Gasteiger partial charge < -0.3 is 9.47 Å². The van der Waals surface area contributed by atoms with E-state index >= 15 is 0 Å². The van der Waals surface area contributed by atoms with Crippen molar-refractivity contribution in [2.45, 2.75) is 57.8 Å². The summed E-state index contributed by atoms with van der Waals surface area (Å²) in [7, 11) is 0. The summed E-state index contributed by atoms with van der Waals surface area (Å²) in [4.78, 5) is 11.3. The second kappa shape index (κ2) is 16.0. The van der Waals surface area contributed by atoms with Gasteiger partial charge in [-0.05, 0) is 25.7 Å². The molecule has 0 amide bonds. The van der Waals surface area contributed by atoms with Crippen molar-refractivity contribution in [1.82, 2.24) is 0 Å². The van der Waals surface area contributed by atoms with Gasteiger partial charge in [-0.25, -0.2) is 4.79 Å². The molecule has 0 saturated heterocycles. The second-order valence-electron chi connectivity index (χ2n) is 4.90. The molecule has 3 nitrogen and oxygen atoms in total. The normalized spacial score (nSPS) is 10.2. The summed E-state index contributed by atoms with van der Waals surface area (Å²) >= 11 is 0. The maximum atomic E-state index is 11.3. The molecule has 116 valence electrons. The molecule has 0 atom stereocenters. The van der Waals surface area contributed by atoms with Gasteiger partial charge in [0.05, 0.1) is 13.2 Å². The molecule has 0 rings (SSSR count). The van der Waals surface area contributed by atoms with Gasteiger partial charge in [0.2, 0.25) is 0 Å². The Bertz CT molecular complexity index is 249. The molecule has 0 fully saturated rings. The van der Waals surface area contributed by atoms with E-state index in [0.717, 1.165) is 25.7 Å². The van der Waals surface area contributed by atoms with Gasteiger partial charge in [-0.3, -0.25) is 0 Å². The highest BCUT2D eigenvalue weighted by molar-refractivity contribution is 5.70. The maximum absolute atomic E-state index is 11.3. The summed E-state index contributed by atoms with van der Waals surface area (Å²) in [5.41, 5.74) is 0. The molecule has 0 aliphatic carbocycles. The molecule has 0 bridgehead atoms. The lowest BCUT2D eigenvalue weighted by Crippen LogP contribution is -2.13. The molecule has 0 unspecified atom stereocenters. The predicted octanol–water partition coefficient (Wildman–Crippen LogP) is 4.43. The molecule has 0 aliphatic heterocycles. The summed E-state index contributed by atoms with van der Waals surface area (Å²) in [6.45, 7) is 8.40. The van der Waals surface area contributed by atoms with E-state index in [9.17, 15) is 4.79 Å². The van der Waals surface area contributed by atoms with Crippen LogP contribution in [-0.2, 0) is 14.3 Å². The van der Waals surface area contributed by atoms with E-state index in [0.29, 0.717) is 13.2 Å². The number of rotatable bonds is 15. The van der Waals surface area contributed by atoms with Crippen LogP contribution in [0, 0.1) is 0 Å². The van der Waals surface area contributed by atoms with Crippen LogP contribution in [0.3, 0.4) is 0 Å². The van der Waals surface area contributed by atoms with E-state index in [4.69, 9.17) is 9.47 Å². The zero-order valence-corrected chi connectivity index (χ0v) is 12.8. The van der Waals surface area contributed by atoms with Gasteiger partial charge in [-0.15, -0.1) is 13.2 Å². The maximum Gasteiger partial charge on any atom is 0.332 e. The first-order valence-corrected chi connectivity index (χ1v) is 7.76. The Morgan fingerprint density at radius 2 is 1.40 bits per heavy atom. The summed E-state index contributed by atoms with van der Waals surface area (Å²) in [6.07, 6.45) is 14.1. The van der Waals surface area contributed by atoms with E-state index in [-0.39, 0.29) is 12.6 Å². The number of unbranched alkanes of at least 4 members (excludes halogenated alkanes) is 7. The molecule has 0 heterocycles. The average molecular weight is 282 g/mol. The highest BCUT2D eigenvalue weighted by atomic mass is 16.6. The molecule has 0 aromatic heterocycles. The van der Waals surface area contributed by atoms with Crippen LogP contribution in [0.1, 0.15) is 57.8 Å². The predicted molar refractivity (Wildman–Crippen MR) is 83.7 cm³/mol. The van der Waals surface area contributed by atoms with Gasteiger partial charge in [-0.2, -0.15) is 0 Å². The summed E-state index contributed by atoms with van der Waals surface area (Å²) in [5, 5.41) is 0. The summed E-state index contributed by atoms with van der Waals surface area (Å²) in [5.74, 6) is -0.265. The first kappa shape index (κ1) is 18.9. The Labute approximate surface area is 124 Å². The number of carbonyl (C=O) groups is 1. The number of hydrogen-bond donors (Lipinski definition) is 0. The number of carbonyl (C=O) groups excluding carboxylic acids is 1. The van der Waals surface area contributed by atoms with E-state index in [1.165, 1.54) is 32.1 Å². The fourth-order valence-corrected chi connectivity index (χ4v) is 1.82. The molecule has 0 saturated carbocycles. The van der Waals surface area contributed by atoms with Crippen LogP contribution in [0.15, 0.2) is 25.3 Å². The molecule has 20 heavy (non-hydrogen) atoms. The smallest absolute Gasteiger partial charge is 0.332 e. The van der Waals surface area contributed by atoms with Crippen molar-refractivity contribution in [3.8, 4) is 0 Å². The van der Waals surface area contributed by atoms with Crippen LogP contribution in [0.4, 0.5) is 0 Å². The third-order valence-corrected chi connectivity index (χ3v) is 3.00. The van der Waals surface area contributed by atoms with Crippen LogP contribution in [0.5, 0.6) is 0 Å². The van der Waals surface area contributed by atoms with Gasteiger partial charge in [0.15, 0.2) is 0 Å². The lowest BCUT2D eigenvalue weighted by atomic mass is 10.1. The SMILES string of the molecule is C=CCCCCCCCCCOC(=O)COCCC=C. The first-order valence-electron chi connectivity index (χ1n) is 7.76. The molecule has 0 radical (unpaired) electrons. The molecule has 0 aromatic rings. The van der Waals surface area contributed by atoms with Crippen LogP contribution < -0.4 is 0 Å². The highest BCUT2D eigenvalue weighted by Crippen LogP contribution is 2.08. The molecular weight excluding hydrogens is 252 g/mol. The van der Waals surface area contributed by atoms with Crippen molar-refractivity contribution in [2.24, 2.45) is 0 Å². The zero-order valence-electron chi connectivity index (χ0n) is 12.8. The topological polar surface area (TPSA) is 35.5 Å². The van der Waals surface area contributed by atoms with Gasteiger partial charge in [0.1, 0.15) is 6.61 Å². The van der Waals surface area contributed by atoms with Gasteiger partial charge in [0.25, 0.3) is 0 Å². The molecule has 0 aliphatic rings. The van der Waals surface area contributed by atoms with E-state index in [1.807, 2.05) is 6.08 Å². The average Bonchev–Trinajstić information content (AvgIpc) is 2.45. The van der Waals surface area contributed by atoms with Crippen LogP contribution in [-0.4, -0.2) is 25.8 Å². The number of hydrogen-bond acceptors (Lipinski definition) is 3. The lowest BCUT2D eigenvalue weighted by Gasteiger charge is -2.05. The summed E-state index contributed by atoms with van der Waals surface area (Å²) in [6, 6.07) is 0. The van der Waals surface area contributed by atoms with Gasteiger partial charge >= 0.3 is 5.97 Å². The van der Waals surface area contributed by atoms with Crippen molar-refractivity contribution in [3.63, 3.8) is 0 Å². The van der Waals surface area contributed by atoms with Crippen molar-refractivity contribution >= 4 is 5.97 Å². The third-order valence-electron chi connectivity index (χ3n) is 3.00. The fourth-order valence-electron chi connectivity index (χ4n) is 1.82. The Morgan fingerprint density at radius 1 is 0.800 bits per heavy atom. The van der Waals surface area contributed by atoms with E-state index in [1.54, 1.807) is 6.08 Å². The molecule has 0 aromatic carbocycles. The molecular formula is C17H30O3. The third kappa shape index (κ3) is 15.0. The zero-order chi connectivity index (χ0) is 14.9. The molecule has 0 N–H and O–H groups in total. The van der Waals surface area contributed by atoms with Crippen LogP contribution >= 0.6 is 0 Å². The highest BCUT2D eigenvalue weighted by Gasteiger charge is 2.01. The van der Waals surface area contributed by atoms with Crippen molar-refractivity contribution in [2.75, 3.05) is 19.8 Å². The van der Waals surface area contributed by atoms with Gasteiger partial charge in [-0.1, -0.05) is 44.3 Å². The van der Waals surface area contributed by atoms with Crippen molar-refractivity contribution in [3.05, 3.63) is 25.3 Å². The van der Waals surface area contributed by atoms with Crippen LogP contribution in [0.25, 0.3) is 0 Å². The monoisotopic (exact) mass is 282 g/mol. The Hall–Kier alpha value is -1.09. The standard InChI is InChI=1S/C17H30O3/c1-3-5-7-8-9-10-11-12-13-15-20-17(18)16-19-14-6-4-2/h3-4H,1-2,5-16H2. The summed E-state index contributed by atoms with van der Waals surface area (Å²) < 4.78 is 10.2. The first-order chi connectivity index (χ1) is 9.81. The Kier molecular flexibility index (Phi) is 15.1. The van der Waals surface area contributed by atoms with Crippen molar-refractivity contribution < 1.29 is 14.3 Å². The second-order valence-corrected chi connectivity index (χ2v) is 4.90. The minimum atomic E-state index is -0.265. The number of ether oxygens (including phenoxy) is 2. The Morgan fingerprint density at radius 3 is 2.05 bits per heavy atom. The van der Waals surface area contributed by atoms with E-state index in [2.05, 4.69) is 13.2 Å².